The van der Waals surface area contributed by atoms with Crippen LogP contribution in [0.3, 0.4) is 0 Å². The van der Waals surface area contributed by atoms with Crippen LogP contribution < -0.4 is 15.6 Å². The number of ether oxygens (including phenoxy) is 2. The van der Waals surface area contributed by atoms with Gasteiger partial charge in [-0.3, -0.25) is 9.36 Å². The zero-order valence-corrected chi connectivity index (χ0v) is 20.0. The number of rotatable bonds is 6. The molecule has 0 amide bonds. The average molecular weight is 502 g/mol. The van der Waals surface area contributed by atoms with E-state index >= 15 is 0 Å². The fraction of sp³-hybridized carbons (Fsp3) is 0.269. The topological polar surface area (TPSA) is 120 Å². The summed E-state index contributed by atoms with van der Waals surface area (Å²) in [7, 11) is 0. The van der Waals surface area contributed by atoms with Crippen molar-refractivity contribution in [1.29, 1.82) is 0 Å². The van der Waals surface area contributed by atoms with E-state index in [0.717, 1.165) is 12.8 Å². The predicted octanol–water partition coefficient (Wildman–Crippen LogP) is 3.92. The van der Waals surface area contributed by atoms with E-state index in [4.69, 9.17) is 14.5 Å². The van der Waals surface area contributed by atoms with Gasteiger partial charge >= 0.3 is 0 Å². The molecule has 0 aliphatic carbocycles. The SMILES string of the molecule is CC(Nc1ncnc2[nH]cnc12)c1nc2ccc(F)cc2c(=O)n1-c1cccc(OC2CCOCC2)c1. The molecule has 0 spiro atoms. The van der Waals surface area contributed by atoms with Crippen LogP contribution in [0.25, 0.3) is 27.8 Å². The Labute approximate surface area is 210 Å². The molecule has 1 aliphatic rings. The van der Waals surface area contributed by atoms with Crippen molar-refractivity contribution in [2.24, 2.45) is 0 Å². The van der Waals surface area contributed by atoms with Gasteiger partial charge in [-0.15, -0.1) is 0 Å². The Morgan fingerprint density at radius 2 is 2.03 bits per heavy atom. The second kappa shape index (κ2) is 9.58. The lowest BCUT2D eigenvalue weighted by Crippen LogP contribution is -2.28. The van der Waals surface area contributed by atoms with Crippen molar-refractivity contribution in [2.75, 3.05) is 18.5 Å². The Balaban J connectivity index is 1.45. The van der Waals surface area contributed by atoms with Gasteiger partial charge < -0.3 is 19.8 Å². The van der Waals surface area contributed by atoms with Crippen molar-refractivity contribution >= 4 is 27.9 Å². The molecule has 0 radical (unpaired) electrons. The summed E-state index contributed by atoms with van der Waals surface area (Å²) in [5, 5.41) is 3.49. The Kier molecular flexibility index (Phi) is 5.97. The molecule has 5 aromatic rings. The van der Waals surface area contributed by atoms with Crippen molar-refractivity contribution in [3.63, 3.8) is 0 Å². The summed E-state index contributed by atoms with van der Waals surface area (Å²) in [4.78, 5) is 34.3. The van der Waals surface area contributed by atoms with Crippen LogP contribution in [0.4, 0.5) is 10.2 Å². The quantitative estimate of drug-likeness (QED) is 0.359. The standard InChI is InChI=1S/C26H24FN7O3/c1-15(32-24-22-23(29-13-28-22)30-14-31-24)25-33-21-6-5-16(27)11-20(21)26(35)34(25)17-3-2-4-19(12-17)37-18-7-9-36-10-8-18/h2-6,11-15,18H,7-10H2,1H3,(H2,28,29,30,31,32). The molecule has 1 fully saturated rings. The monoisotopic (exact) mass is 501 g/mol. The number of halogens is 1. The number of aromatic amines is 1. The maximum Gasteiger partial charge on any atom is 0.266 e. The van der Waals surface area contributed by atoms with E-state index in [9.17, 15) is 9.18 Å². The van der Waals surface area contributed by atoms with Crippen molar-refractivity contribution in [3.05, 3.63) is 77.1 Å². The van der Waals surface area contributed by atoms with Crippen LogP contribution in [-0.2, 0) is 4.74 Å². The molecule has 1 aliphatic heterocycles. The van der Waals surface area contributed by atoms with Crippen molar-refractivity contribution in [2.45, 2.75) is 31.9 Å². The third kappa shape index (κ3) is 4.49. The Morgan fingerprint density at radius 1 is 1.16 bits per heavy atom. The number of aromatic nitrogens is 6. The molecule has 11 heteroatoms. The number of hydrogen-bond donors (Lipinski definition) is 2. The van der Waals surface area contributed by atoms with Gasteiger partial charge in [-0.1, -0.05) is 6.07 Å². The zero-order valence-electron chi connectivity index (χ0n) is 20.0. The Bertz CT molecular complexity index is 1640. The van der Waals surface area contributed by atoms with Gasteiger partial charge in [0.05, 0.1) is 42.2 Å². The van der Waals surface area contributed by atoms with E-state index in [2.05, 4.69) is 25.3 Å². The number of imidazole rings is 1. The smallest absolute Gasteiger partial charge is 0.266 e. The molecule has 4 heterocycles. The van der Waals surface area contributed by atoms with Gasteiger partial charge in [0.25, 0.3) is 5.56 Å². The minimum Gasteiger partial charge on any atom is -0.490 e. The first-order chi connectivity index (χ1) is 18.1. The first kappa shape index (κ1) is 23.0. The van der Waals surface area contributed by atoms with Crippen LogP contribution in [0, 0.1) is 5.82 Å². The number of nitrogens with zero attached hydrogens (tertiary/aromatic N) is 5. The molecule has 2 aromatic carbocycles. The molecular weight excluding hydrogens is 477 g/mol. The molecule has 0 bridgehead atoms. The van der Waals surface area contributed by atoms with E-state index in [1.165, 1.54) is 35.4 Å². The van der Waals surface area contributed by atoms with E-state index in [0.29, 0.717) is 53.0 Å². The third-order valence-corrected chi connectivity index (χ3v) is 6.36. The highest BCUT2D eigenvalue weighted by Crippen LogP contribution is 2.26. The molecular formula is C26H24FN7O3. The molecule has 2 N–H and O–H groups in total. The van der Waals surface area contributed by atoms with E-state index in [1.807, 2.05) is 19.1 Å². The fourth-order valence-electron chi connectivity index (χ4n) is 4.54. The summed E-state index contributed by atoms with van der Waals surface area (Å²) >= 11 is 0. The summed E-state index contributed by atoms with van der Waals surface area (Å²) in [6, 6.07) is 10.8. The summed E-state index contributed by atoms with van der Waals surface area (Å²) in [6.07, 6.45) is 4.61. The number of benzene rings is 2. The maximum atomic E-state index is 14.1. The first-order valence-corrected chi connectivity index (χ1v) is 12.0. The van der Waals surface area contributed by atoms with Gasteiger partial charge in [0.2, 0.25) is 0 Å². The lowest BCUT2D eigenvalue weighted by atomic mass is 10.1. The normalized spacial score (nSPS) is 15.2. The Morgan fingerprint density at radius 3 is 2.89 bits per heavy atom. The molecule has 3 aromatic heterocycles. The molecule has 1 saturated heterocycles. The van der Waals surface area contributed by atoms with Gasteiger partial charge in [-0.25, -0.2) is 24.3 Å². The molecule has 188 valence electrons. The maximum absolute atomic E-state index is 14.1. The number of anilines is 1. The van der Waals surface area contributed by atoms with Crippen LogP contribution in [0.15, 0.2) is 59.9 Å². The minimum atomic E-state index is -0.504. The predicted molar refractivity (Wildman–Crippen MR) is 135 cm³/mol. The van der Waals surface area contributed by atoms with E-state index in [-0.39, 0.29) is 17.0 Å². The molecule has 1 unspecified atom stereocenters. The molecule has 1 atom stereocenters. The second-order valence-corrected chi connectivity index (χ2v) is 8.89. The minimum absolute atomic E-state index is 0.0404. The van der Waals surface area contributed by atoms with Gasteiger partial charge in [-0.05, 0) is 37.3 Å². The summed E-state index contributed by atoms with van der Waals surface area (Å²) in [5.74, 6) is 1.05. The summed E-state index contributed by atoms with van der Waals surface area (Å²) < 4.78 is 27.2. The molecule has 10 nitrogen and oxygen atoms in total. The number of hydrogen-bond acceptors (Lipinski definition) is 8. The zero-order chi connectivity index (χ0) is 25.4. The molecule has 37 heavy (non-hydrogen) atoms. The fourth-order valence-corrected chi connectivity index (χ4v) is 4.54. The van der Waals surface area contributed by atoms with E-state index < -0.39 is 11.9 Å². The summed E-state index contributed by atoms with van der Waals surface area (Å²) in [6.45, 7) is 3.18. The highest BCUT2D eigenvalue weighted by molar-refractivity contribution is 5.82. The van der Waals surface area contributed by atoms with Crippen molar-refractivity contribution < 1.29 is 13.9 Å². The Hall–Kier alpha value is -4.38. The van der Waals surface area contributed by atoms with Gasteiger partial charge in [-0.2, -0.15) is 0 Å². The summed E-state index contributed by atoms with van der Waals surface area (Å²) in [5.41, 5.74) is 1.72. The molecule has 0 saturated carbocycles. The van der Waals surface area contributed by atoms with Crippen LogP contribution in [-0.4, -0.2) is 48.8 Å². The van der Waals surface area contributed by atoms with Crippen LogP contribution >= 0.6 is 0 Å². The average Bonchev–Trinajstić information content (AvgIpc) is 3.40. The van der Waals surface area contributed by atoms with Gasteiger partial charge in [0.15, 0.2) is 11.5 Å². The lowest BCUT2D eigenvalue weighted by molar-refractivity contribution is 0.0256. The number of H-pyrrole nitrogens is 1. The number of nitrogens with one attached hydrogen (secondary N) is 2. The molecule has 6 rings (SSSR count). The van der Waals surface area contributed by atoms with Crippen LogP contribution in [0.2, 0.25) is 0 Å². The third-order valence-electron chi connectivity index (χ3n) is 6.36. The first-order valence-electron chi connectivity index (χ1n) is 12.0. The van der Waals surface area contributed by atoms with E-state index in [1.54, 1.807) is 12.1 Å². The number of fused-ring (bicyclic) bond motifs is 2. The van der Waals surface area contributed by atoms with Gasteiger partial charge in [0, 0.05) is 18.9 Å². The highest BCUT2D eigenvalue weighted by Gasteiger charge is 2.21. The van der Waals surface area contributed by atoms with Crippen LogP contribution in [0.5, 0.6) is 5.75 Å². The van der Waals surface area contributed by atoms with Crippen LogP contribution in [0.1, 0.15) is 31.6 Å². The lowest BCUT2D eigenvalue weighted by Gasteiger charge is -2.24. The largest absolute Gasteiger partial charge is 0.490 e. The van der Waals surface area contributed by atoms with Crippen molar-refractivity contribution in [3.8, 4) is 11.4 Å². The second-order valence-electron chi connectivity index (χ2n) is 8.89. The van der Waals surface area contributed by atoms with Gasteiger partial charge in [0.1, 0.15) is 35.3 Å². The highest BCUT2D eigenvalue weighted by atomic mass is 19.1. The van der Waals surface area contributed by atoms with Crippen molar-refractivity contribution in [1.82, 2.24) is 29.5 Å².